The monoisotopic (exact) mass is 389 g/mol. The molecule has 3 rings (SSSR count). The lowest BCUT2D eigenvalue weighted by atomic mass is 10.00. The standard InChI is InChI=1S/C24H23NO4/c1-17(23(26)25-21-14-8-9-15-22(21)28-2)29-24(27)20-13-7-6-12-19(20)16-18-10-4-3-5-11-18/h3-15,17H,16H2,1-2H3,(H,25,26)/t17-/m0/s1. The van der Waals surface area contributed by atoms with Crippen molar-refractivity contribution in [3.05, 3.63) is 95.6 Å². The van der Waals surface area contributed by atoms with Gasteiger partial charge >= 0.3 is 5.97 Å². The number of amides is 1. The van der Waals surface area contributed by atoms with E-state index in [1.807, 2.05) is 48.5 Å². The van der Waals surface area contributed by atoms with Crippen LogP contribution in [0.1, 0.15) is 28.4 Å². The highest BCUT2D eigenvalue weighted by atomic mass is 16.5. The molecule has 0 saturated heterocycles. The summed E-state index contributed by atoms with van der Waals surface area (Å²) in [5, 5.41) is 2.73. The minimum Gasteiger partial charge on any atom is -0.495 e. The summed E-state index contributed by atoms with van der Waals surface area (Å²) in [6.07, 6.45) is -0.356. The van der Waals surface area contributed by atoms with E-state index in [-0.39, 0.29) is 0 Å². The Morgan fingerprint density at radius 2 is 1.55 bits per heavy atom. The fourth-order valence-electron chi connectivity index (χ4n) is 2.95. The summed E-state index contributed by atoms with van der Waals surface area (Å²) in [6.45, 7) is 1.54. The molecule has 0 aromatic heterocycles. The SMILES string of the molecule is COc1ccccc1NC(=O)[C@H](C)OC(=O)c1ccccc1Cc1ccccc1. The van der Waals surface area contributed by atoms with E-state index in [4.69, 9.17) is 9.47 Å². The molecule has 0 saturated carbocycles. The summed E-state index contributed by atoms with van der Waals surface area (Å²) in [5.74, 6) is -0.421. The van der Waals surface area contributed by atoms with Gasteiger partial charge in [-0.25, -0.2) is 4.79 Å². The van der Waals surface area contributed by atoms with Gasteiger partial charge in [0.25, 0.3) is 5.91 Å². The van der Waals surface area contributed by atoms with Crippen molar-refractivity contribution >= 4 is 17.6 Å². The van der Waals surface area contributed by atoms with Crippen molar-refractivity contribution in [1.29, 1.82) is 0 Å². The molecule has 5 heteroatoms. The van der Waals surface area contributed by atoms with Gasteiger partial charge in [-0.15, -0.1) is 0 Å². The number of ether oxygens (including phenoxy) is 2. The Labute approximate surface area is 170 Å². The third-order valence-corrected chi connectivity index (χ3v) is 4.49. The second-order valence-electron chi connectivity index (χ2n) is 6.56. The van der Waals surface area contributed by atoms with Gasteiger partial charge in [-0.05, 0) is 42.7 Å². The van der Waals surface area contributed by atoms with E-state index in [0.717, 1.165) is 11.1 Å². The average Bonchev–Trinajstić information content (AvgIpc) is 2.75. The number of esters is 1. The Bertz CT molecular complexity index is 985. The van der Waals surface area contributed by atoms with Gasteiger partial charge in [0.15, 0.2) is 6.10 Å². The van der Waals surface area contributed by atoms with Crippen LogP contribution in [0.4, 0.5) is 5.69 Å². The number of carbonyl (C=O) groups is 2. The minimum atomic E-state index is -0.961. The van der Waals surface area contributed by atoms with E-state index < -0.39 is 18.0 Å². The molecule has 0 aliphatic rings. The van der Waals surface area contributed by atoms with E-state index in [0.29, 0.717) is 23.4 Å². The smallest absolute Gasteiger partial charge is 0.339 e. The summed E-state index contributed by atoms with van der Waals surface area (Å²) >= 11 is 0. The average molecular weight is 389 g/mol. The zero-order valence-electron chi connectivity index (χ0n) is 16.4. The van der Waals surface area contributed by atoms with Gasteiger partial charge in [0.2, 0.25) is 0 Å². The lowest BCUT2D eigenvalue weighted by Crippen LogP contribution is -2.30. The van der Waals surface area contributed by atoms with Crippen LogP contribution in [-0.2, 0) is 16.0 Å². The number of methoxy groups -OCH3 is 1. The predicted octanol–water partition coefficient (Wildman–Crippen LogP) is 4.47. The highest BCUT2D eigenvalue weighted by Gasteiger charge is 2.21. The summed E-state index contributed by atoms with van der Waals surface area (Å²) in [4.78, 5) is 25.2. The molecule has 0 unspecified atom stereocenters. The lowest BCUT2D eigenvalue weighted by Gasteiger charge is -2.16. The molecule has 0 fully saturated rings. The Balaban J connectivity index is 1.69. The molecule has 0 heterocycles. The van der Waals surface area contributed by atoms with Crippen molar-refractivity contribution in [2.75, 3.05) is 12.4 Å². The van der Waals surface area contributed by atoms with Crippen molar-refractivity contribution in [1.82, 2.24) is 0 Å². The number of anilines is 1. The summed E-state index contributed by atoms with van der Waals surface area (Å²) in [6, 6.07) is 24.2. The molecule has 0 bridgehead atoms. The number of hydrogen-bond acceptors (Lipinski definition) is 4. The largest absolute Gasteiger partial charge is 0.495 e. The molecule has 0 spiro atoms. The molecule has 148 valence electrons. The van der Waals surface area contributed by atoms with Crippen molar-refractivity contribution < 1.29 is 19.1 Å². The van der Waals surface area contributed by atoms with Crippen LogP contribution < -0.4 is 10.1 Å². The molecular formula is C24H23NO4. The van der Waals surface area contributed by atoms with Crippen LogP contribution in [0, 0.1) is 0 Å². The van der Waals surface area contributed by atoms with Crippen LogP contribution in [0.2, 0.25) is 0 Å². The summed E-state index contributed by atoms with van der Waals surface area (Å²) < 4.78 is 10.7. The number of rotatable bonds is 7. The van der Waals surface area contributed by atoms with Gasteiger partial charge in [0.1, 0.15) is 5.75 Å². The highest BCUT2D eigenvalue weighted by Crippen LogP contribution is 2.23. The number of nitrogens with one attached hydrogen (secondary N) is 1. The lowest BCUT2D eigenvalue weighted by molar-refractivity contribution is -0.123. The second kappa shape index (κ2) is 9.55. The van der Waals surface area contributed by atoms with Crippen molar-refractivity contribution in [2.45, 2.75) is 19.4 Å². The Morgan fingerprint density at radius 3 is 2.31 bits per heavy atom. The first-order valence-electron chi connectivity index (χ1n) is 9.35. The van der Waals surface area contributed by atoms with E-state index in [1.54, 1.807) is 37.3 Å². The molecule has 3 aromatic rings. The number of benzene rings is 3. The molecule has 0 aliphatic carbocycles. The van der Waals surface area contributed by atoms with Crippen molar-refractivity contribution in [3.63, 3.8) is 0 Å². The van der Waals surface area contributed by atoms with Gasteiger partial charge in [-0.3, -0.25) is 4.79 Å². The van der Waals surface area contributed by atoms with Crippen molar-refractivity contribution in [2.24, 2.45) is 0 Å². The van der Waals surface area contributed by atoms with Gasteiger partial charge in [0, 0.05) is 0 Å². The Morgan fingerprint density at radius 1 is 0.897 bits per heavy atom. The maximum absolute atomic E-state index is 12.7. The van der Waals surface area contributed by atoms with E-state index in [9.17, 15) is 9.59 Å². The van der Waals surface area contributed by atoms with Crippen LogP contribution in [0.25, 0.3) is 0 Å². The molecule has 5 nitrogen and oxygen atoms in total. The van der Waals surface area contributed by atoms with Gasteiger partial charge in [-0.1, -0.05) is 60.7 Å². The zero-order valence-corrected chi connectivity index (χ0v) is 16.4. The molecule has 0 radical (unpaired) electrons. The van der Waals surface area contributed by atoms with E-state index in [2.05, 4.69) is 5.32 Å². The topological polar surface area (TPSA) is 64.6 Å². The van der Waals surface area contributed by atoms with Crippen LogP contribution in [0.3, 0.4) is 0 Å². The van der Waals surface area contributed by atoms with Crippen LogP contribution in [0.15, 0.2) is 78.9 Å². The van der Waals surface area contributed by atoms with Gasteiger partial charge in [0.05, 0.1) is 18.4 Å². The minimum absolute atomic E-state index is 0.427. The molecule has 1 N–H and O–H groups in total. The first-order chi connectivity index (χ1) is 14.1. The summed E-state index contributed by atoms with van der Waals surface area (Å²) in [7, 11) is 1.53. The van der Waals surface area contributed by atoms with Crippen LogP contribution in [-0.4, -0.2) is 25.1 Å². The molecule has 0 aliphatic heterocycles. The molecule has 29 heavy (non-hydrogen) atoms. The molecule has 1 atom stereocenters. The maximum atomic E-state index is 12.7. The third-order valence-electron chi connectivity index (χ3n) is 4.49. The molecule has 1 amide bonds. The predicted molar refractivity (Wildman–Crippen MR) is 112 cm³/mol. The molecular weight excluding hydrogens is 366 g/mol. The second-order valence-corrected chi connectivity index (χ2v) is 6.56. The van der Waals surface area contributed by atoms with Crippen LogP contribution in [0.5, 0.6) is 5.75 Å². The Hall–Kier alpha value is -3.60. The summed E-state index contributed by atoms with van der Waals surface area (Å²) in [5.41, 5.74) is 2.91. The quantitative estimate of drug-likeness (QED) is 0.606. The van der Waals surface area contributed by atoms with Gasteiger partial charge in [-0.2, -0.15) is 0 Å². The first-order valence-corrected chi connectivity index (χ1v) is 9.35. The molecule has 3 aromatic carbocycles. The zero-order chi connectivity index (χ0) is 20.6. The van der Waals surface area contributed by atoms with Gasteiger partial charge < -0.3 is 14.8 Å². The van der Waals surface area contributed by atoms with Crippen LogP contribution >= 0.6 is 0 Å². The van der Waals surface area contributed by atoms with Crippen molar-refractivity contribution in [3.8, 4) is 5.75 Å². The van der Waals surface area contributed by atoms with E-state index >= 15 is 0 Å². The fourth-order valence-corrected chi connectivity index (χ4v) is 2.95. The van der Waals surface area contributed by atoms with E-state index in [1.165, 1.54) is 7.11 Å². The normalized spacial score (nSPS) is 11.4. The number of hydrogen-bond donors (Lipinski definition) is 1. The third kappa shape index (κ3) is 5.23. The fraction of sp³-hybridized carbons (Fsp3) is 0.167. The maximum Gasteiger partial charge on any atom is 0.339 e. The highest BCUT2D eigenvalue weighted by molar-refractivity contribution is 5.98. The Kier molecular flexibility index (Phi) is 6.63. The first kappa shape index (κ1) is 20.1. The number of para-hydroxylation sites is 2. The number of carbonyl (C=O) groups excluding carboxylic acids is 2.